The molecule has 0 aliphatic carbocycles. The second kappa shape index (κ2) is 3.89. The van der Waals surface area contributed by atoms with E-state index >= 15 is 0 Å². The molecule has 3 N–H and O–H groups in total. The standard InChI is InChI=1S/C13H14N4O2/c14-13-11-10(19-16-13)6-8(7-17-4-1-3-15-17)9-2-5-18-12(9)11/h1,4,6,15H,2-3,5,7H2,(H2,14,16). The summed E-state index contributed by atoms with van der Waals surface area (Å²) in [6.07, 6.45) is 5.03. The van der Waals surface area contributed by atoms with Gasteiger partial charge in [0, 0.05) is 24.7 Å². The Kier molecular flexibility index (Phi) is 2.19. The number of nitrogen functional groups attached to an aromatic ring is 1. The van der Waals surface area contributed by atoms with Crippen LogP contribution < -0.4 is 15.9 Å². The third-order valence-electron chi connectivity index (χ3n) is 3.58. The van der Waals surface area contributed by atoms with Gasteiger partial charge in [-0.3, -0.25) is 0 Å². The molecule has 0 saturated heterocycles. The summed E-state index contributed by atoms with van der Waals surface area (Å²) in [4.78, 5) is 0. The van der Waals surface area contributed by atoms with E-state index in [-0.39, 0.29) is 0 Å². The molecule has 0 atom stereocenters. The van der Waals surface area contributed by atoms with E-state index in [0.717, 1.165) is 30.6 Å². The molecule has 0 unspecified atom stereocenters. The van der Waals surface area contributed by atoms with Gasteiger partial charge in [0.1, 0.15) is 11.1 Å². The van der Waals surface area contributed by atoms with Crippen molar-refractivity contribution >= 4 is 16.8 Å². The molecule has 6 heteroatoms. The monoisotopic (exact) mass is 258 g/mol. The Morgan fingerprint density at radius 3 is 3.26 bits per heavy atom. The van der Waals surface area contributed by atoms with E-state index in [4.69, 9.17) is 15.0 Å². The van der Waals surface area contributed by atoms with Gasteiger partial charge in [-0.15, -0.1) is 0 Å². The molecule has 1 aromatic heterocycles. The van der Waals surface area contributed by atoms with Crippen molar-refractivity contribution in [2.75, 3.05) is 18.9 Å². The average Bonchev–Trinajstić information content (AvgIpc) is 3.09. The van der Waals surface area contributed by atoms with Crippen LogP contribution in [-0.4, -0.2) is 23.3 Å². The molecular formula is C13H14N4O2. The molecule has 0 spiro atoms. The summed E-state index contributed by atoms with van der Waals surface area (Å²) in [7, 11) is 0. The number of anilines is 1. The zero-order valence-electron chi connectivity index (χ0n) is 10.3. The van der Waals surface area contributed by atoms with Crippen molar-refractivity contribution in [2.24, 2.45) is 0 Å². The number of hydrogen-bond acceptors (Lipinski definition) is 6. The molecule has 4 rings (SSSR count). The Morgan fingerprint density at radius 2 is 2.42 bits per heavy atom. The van der Waals surface area contributed by atoms with Crippen molar-refractivity contribution < 1.29 is 9.26 Å². The number of aromatic nitrogens is 1. The summed E-state index contributed by atoms with van der Waals surface area (Å²) < 4.78 is 11.0. The van der Waals surface area contributed by atoms with Gasteiger partial charge in [0.2, 0.25) is 0 Å². The molecule has 98 valence electrons. The van der Waals surface area contributed by atoms with Crippen LogP contribution in [-0.2, 0) is 13.0 Å². The van der Waals surface area contributed by atoms with Gasteiger partial charge in [-0.05, 0) is 11.6 Å². The summed E-state index contributed by atoms with van der Waals surface area (Å²) in [6.45, 7) is 2.34. The zero-order chi connectivity index (χ0) is 12.8. The van der Waals surface area contributed by atoms with Crippen LogP contribution >= 0.6 is 0 Å². The number of rotatable bonds is 2. The molecule has 0 bridgehead atoms. The molecule has 0 amide bonds. The minimum Gasteiger partial charge on any atom is -0.492 e. The Morgan fingerprint density at radius 1 is 1.47 bits per heavy atom. The normalized spacial score (nSPS) is 17.2. The number of hydrazine groups is 1. The van der Waals surface area contributed by atoms with E-state index in [2.05, 4.69) is 21.7 Å². The summed E-state index contributed by atoms with van der Waals surface area (Å²) in [6, 6.07) is 2.01. The highest BCUT2D eigenvalue weighted by molar-refractivity contribution is 5.95. The van der Waals surface area contributed by atoms with E-state index in [1.807, 2.05) is 12.3 Å². The topological polar surface area (TPSA) is 76.5 Å². The third-order valence-corrected chi connectivity index (χ3v) is 3.58. The molecular weight excluding hydrogens is 244 g/mol. The van der Waals surface area contributed by atoms with Crippen LogP contribution in [0, 0.1) is 0 Å². The maximum atomic E-state index is 5.84. The molecule has 0 saturated carbocycles. The van der Waals surface area contributed by atoms with Crippen molar-refractivity contribution in [3.8, 4) is 5.75 Å². The lowest BCUT2D eigenvalue weighted by molar-refractivity contribution is 0.298. The SMILES string of the molecule is Nc1noc2cc(CN3C=CCN3)c3c(c12)OCC3. The van der Waals surface area contributed by atoms with Crippen LogP contribution in [0.4, 0.5) is 5.82 Å². The first-order valence-corrected chi connectivity index (χ1v) is 6.32. The van der Waals surface area contributed by atoms with Crippen LogP contribution in [0.3, 0.4) is 0 Å². The molecule has 0 fully saturated rings. The maximum absolute atomic E-state index is 5.84. The van der Waals surface area contributed by atoms with Gasteiger partial charge in [-0.2, -0.15) is 0 Å². The third kappa shape index (κ3) is 1.57. The highest BCUT2D eigenvalue weighted by Crippen LogP contribution is 2.40. The van der Waals surface area contributed by atoms with Crippen LogP contribution in [0.1, 0.15) is 11.1 Å². The Bertz CT molecular complexity index is 677. The lowest BCUT2D eigenvalue weighted by Gasteiger charge is -2.17. The lowest BCUT2D eigenvalue weighted by Crippen LogP contribution is -2.28. The van der Waals surface area contributed by atoms with E-state index in [1.54, 1.807) is 0 Å². The van der Waals surface area contributed by atoms with Gasteiger partial charge in [-0.25, -0.2) is 5.43 Å². The lowest BCUT2D eigenvalue weighted by atomic mass is 10.0. The Balaban J connectivity index is 1.84. The number of nitrogens with one attached hydrogen (secondary N) is 1. The first kappa shape index (κ1) is 10.7. The molecule has 6 nitrogen and oxygen atoms in total. The van der Waals surface area contributed by atoms with Crippen LogP contribution in [0.5, 0.6) is 5.75 Å². The van der Waals surface area contributed by atoms with E-state index in [1.165, 1.54) is 11.1 Å². The molecule has 19 heavy (non-hydrogen) atoms. The van der Waals surface area contributed by atoms with E-state index in [0.29, 0.717) is 18.0 Å². The minimum absolute atomic E-state index is 0.402. The van der Waals surface area contributed by atoms with Crippen molar-refractivity contribution in [1.29, 1.82) is 0 Å². The number of benzene rings is 1. The van der Waals surface area contributed by atoms with Gasteiger partial charge in [-0.1, -0.05) is 11.2 Å². The number of fused-ring (bicyclic) bond motifs is 3. The number of ether oxygens (including phenoxy) is 1. The molecule has 2 aromatic rings. The quantitative estimate of drug-likeness (QED) is 0.842. The second-order valence-electron chi connectivity index (χ2n) is 4.76. The van der Waals surface area contributed by atoms with Gasteiger partial charge in [0.25, 0.3) is 0 Å². The first-order chi connectivity index (χ1) is 9.33. The average molecular weight is 258 g/mol. The van der Waals surface area contributed by atoms with Gasteiger partial charge < -0.3 is 20.0 Å². The largest absolute Gasteiger partial charge is 0.492 e. The fourth-order valence-electron chi connectivity index (χ4n) is 2.71. The zero-order valence-corrected chi connectivity index (χ0v) is 10.3. The van der Waals surface area contributed by atoms with E-state index < -0.39 is 0 Å². The summed E-state index contributed by atoms with van der Waals surface area (Å²) in [5, 5.41) is 6.69. The van der Waals surface area contributed by atoms with Crippen molar-refractivity contribution in [2.45, 2.75) is 13.0 Å². The number of nitrogens with two attached hydrogens (primary N) is 1. The molecule has 2 aliphatic rings. The molecule has 2 aliphatic heterocycles. The van der Waals surface area contributed by atoms with Crippen LogP contribution in [0.25, 0.3) is 11.0 Å². The van der Waals surface area contributed by atoms with Crippen molar-refractivity contribution in [3.05, 3.63) is 29.5 Å². The van der Waals surface area contributed by atoms with Gasteiger partial charge in [0.15, 0.2) is 11.4 Å². The number of nitrogens with zero attached hydrogens (tertiary/aromatic N) is 2. The highest BCUT2D eigenvalue weighted by Gasteiger charge is 2.24. The predicted octanol–water partition coefficient (Wildman–Crippen LogP) is 1.18. The van der Waals surface area contributed by atoms with Crippen LogP contribution in [0.15, 0.2) is 22.9 Å². The highest BCUT2D eigenvalue weighted by atomic mass is 16.5. The number of hydrogen-bond donors (Lipinski definition) is 2. The fourth-order valence-corrected chi connectivity index (χ4v) is 2.71. The van der Waals surface area contributed by atoms with Gasteiger partial charge in [0.05, 0.1) is 13.2 Å². The molecule has 3 heterocycles. The predicted molar refractivity (Wildman–Crippen MR) is 70.3 cm³/mol. The van der Waals surface area contributed by atoms with Crippen molar-refractivity contribution in [3.63, 3.8) is 0 Å². The summed E-state index contributed by atoms with van der Waals surface area (Å²) >= 11 is 0. The Hall–Kier alpha value is -2.21. The van der Waals surface area contributed by atoms with Crippen molar-refractivity contribution in [1.82, 2.24) is 15.6 Å². The summed E-state index contributed by atoms with van der Waals surface area (Å²) in [5.74, 6) is 1.24. The first-order valence-electron chi connectivity index (χ1n) is 6.32. The smallest absolute Gasteiger partial charge is 0.178 e. The van der Waals surface area contributed by atoms with E-state index in [9.17, 15) is 0 Å². The molecule has 1 aromatic carbocycles. The van der Waals surface area contributed by atoms with Crippen LogP contribution in [0.2, 0.25) is 0 Å². The fraction of sp³-hybridized carbons (Fsp3) is 0.308. The maximum Gasteiger partial charge on any atom is 0.178 e. The minimum atomic E-state index is 0.402. The Labute approximate surface area is 109 Å². The van der Waals surface area contributed by atoms with Gasteiger partial charge >= 0.3 is 0 Å². The second-order valence-corrected chi connectivity index (χ2v) is 4.76. The molecule has 0 radical (unpaired) electrons. The summed E-state index contributed by atoms with van der Waals surface area (Å²) in [5.41, 5.74) is 12.2.